The molecule has 0 spiro atoms. The molecule has 9 heteroatoms. The van der Waals surface area contributed by atoms with Crippen molar-refractivity contribution in [2.75, 3.05) is 0 Å². The fourth-order valence-corrected chi connectivity index (χ4v) is 3.36. The third-order valence-electron chi connectivity index (χ3n) is 3.16. The summed E-state index contributed by atoms with van der Waals surface area (Å²) in [6.07, 6.45) is -0.375. The molecule has 22 heavy (non-hydrogen) atoms. The highest BCUT2D eigenvalue weighted by molar-refractivity contribution is 7.89. The van der Waals surface area contributed by atoms with E-state index in [1.807, 2.05) is 0 Å². The number of carboxylic acids is 1. The molecule has 0 saturated carbocycles. The highest BCUT2D eigenvalue weighted by atomic mass is 32.2. The van der Waals surface area contributed by atoms with Crippen LogP contribution in [-0.4, -0.2) is 25.5 Å². The third kappa shape index (κ3) is 3.47. The molecule has 0 fully saturated rings. The summed E-state index contributed by atoms with van der Waals surface area (Å²) in [7, 11) is -4.16. The number of aromatic carboxylic acids is 1. The van der Waals surface area contributed by atoms with Crippen LogP contribution in [0.15, 0.2) is 35.2 Å². The van der Waals surface area contributed by atoms with E-state index in [9.17, 15) is 26.4 Å². The van der Waals surface area contributed by atoms with Gasteiger partial charge in [0, 0.05) is 6.04 Å². The highest BCUT2D eigenvalue weighted by Gasteiger charge is 2.36. The van der Waals surface area contributed by atoms with E-state index in [-0.39, 0.29) is 0 Å². The van der Waals surface area contributed by atoms with Crippen LogP contribution in [0.2, 0.25) is 0 Å². The molecule has 120 valence electrons. The third-order valence-corrected chi connectivity index (χ3v) is 4.64. The minimum Gasteiger partial charge on any atom is -0.478 e. The number of rotatable bonds is 4. The molecule has 1 aromatic rings. The van der Waals surface area contributed by atoms with Crippen molar-refractivity contribution in [3.8, 4) is 0 Å². The van der Waals surface area contributed by atoms with Crippen LogP contribution >= 0.6 is 0 Å². The summed E-state index contributed by atoms with van der Waals surface area (Å²) in [6.45, 7) is 0. The molecule has 0 bridgehead atoms. The molecule has 0 aromatic heterocycles. The molecule has 2 rings (SSSR count). The molecule has 0 amide bonds. The van der Waals surface area contributed by atoms with Crippen molar-refractivity contribution in [1.29, 1.82) is 0 Å². The zero-order valence-electron chi connectivity index (χ0n) is 11.1. The average Bonchev–Trinajstić information content (AvgIpc) is 2.89. The maximum Gasteiger partial charge on any atom is 0.417 e. The first kappa shape index (κ1) is 16.5. The van der Waals surface area contributed by atoms with E-state index in [1.54, 1.807) is 12.2 Å². The lowest BCUT2D eigenvalue weighted by Crippen LogP contribution is -2.32. The lowest BCUT2D eigenvalue weighted by atomic mass is 10.1. The van der Waals surface area contributed by atoms with E-state index in [0.29, 0.717) is 25.0 Å². The summed E-state index contributed by atoms with van der Waals surface area (Å²) >= 11 is 0. The van der Waals surface area contributed by atoms with Gasteiger partial charge in [0.15, 0.2) is 0 Å². The van der Waals surface area contributed by atoms with Crippen LogP contribution in [0.25, 0.3) is 0 Å². The molecule has 0 saturated heterocycles. The van der Waals surface area contributed by atoms with Gasteiger partial charge in [0.1, 0.15) is 0 Å². The minimum absolute atomic E-state index is 0.338. The summed E-state index contributed by atoms with van der Waals surface area (Å²) in [6, 6.07) is 1.35. The number of carboxylic acid groups (broad SMARTS) is 1. The summed E-state index contributed by atoms with van der Waals surface area (Å²) in [4.78, 5) is 10.2. The van der Waals surface area contributed by atoms with Gasteiger partial charge in [0.05, 0.1) is 16.0 Å². The summed E-state index contributed by atoms with van der Waals surface area (Å²) in [5.74, 6) is -1.78. The Bertz CT molecular complexity index is 725. The SMILES string of the molecule is O=C(O)c1ccc(S(=O)(=O)NC2C=CCC2)cc1C(F)(F)F. The zero-order chi connectivity index (χ0) is 16.5. The van der Waals surface area contributed by atoms with Crippen LogP contribution < -0.4 is 4.72 Å². The standard InChI is InChI=1S/C13H12F3NO4S/c14-13(15,16)11-7-9(5-6-10(11)12(18)19)22(20,21)17-8-3-1-2-4-8/h1,3,5-8,17H,2,4H2,(H,18,19). The average molecular weight is 335 g/mol. The topological polar surface area (TPSA) is 83.5 Å². The Hall–Kier alpha value is -1.87. The molecule has 1 aliphatic carbocycles. The Kier molecular flexibility index (Phi) is 4.30. The van der Waals surface area contributed by atoms with Crippen molar-refractivity contribution in [2.24, 2.45) is 0 Å². The quantitative estimate of drug-likeness (QED) is 0.828. The summed E-state index contributed by atoms with van der Waals surface area (Å²) < 4.78 is 65.1. The number of halogens is 3. The molecule has 1 aliphatic rings. The second-order valence-corrected chi connectivity index (χ2v) is 6.46. The Labute approximate surface area is 124 Å². The van der Waals surface area contributed by atoms with Crippen LogP contribution in [0.3, 0.4) is 0 Å². The van der Waals surface area contributed by atoms with Crippen molar-refractivity contribution in [2.45, 2.75) is 30.0 Å². The molecule has 1 unspecified atom stereocenters. The number of hydrogen-bond acceptors (Lipinski definition) is 3. The number of sulfonamides is 1. The molecule has 2 N–H and O–H groups in total. The van der Waals surface area contributed by atoms with E-state index in [4.69, 9.17) is 5.11 Å². The maximum absolute atomic E-state index is 12.9. The van der Waals surface area contributed by atoms with Gasteiger partial charge in [-0.25, -0.2) is 17.9 Å². The molecule has 5 nitrogen and oxygen atoms in total. The summed E-state index contributed by atoms with van der Waals surface area (Å²) in [5, 5.41) is 8.78. The van der Waals surface area contributed by atoms with Gasteiger partial charge in [0.25, 0.3) is 0 Å². The lowest BCUT2D eigenvalue weighted by Gasteiger charge is -2.15. The van der Waals surface area contributed by atoms with Gasteiger partial charge in [0.2, 0.25) is 10.0 Å². The number of benzene rings is 1. The Morgan fingerprint density at radius 1 is 1.32 bits per heavy atom. The van der Waals surface area contributed by atoms with Crippen LogP contribution in [0.4, 0.5) is 13.2 Å². The zero-order valence-corrected chi connectivity index (χ0v) is 11.9. The first-order chi connectivity index (χ1) is 10.1. The van der Waals surface area contributed by atoms with E-state index in [0.717, 1.165) is 6.07 Å². The van der Waals surface area contributed by atoms with Gasteiger partial charge >= 0.3 is 12.1 Å². The number of hydrogen-bond donors (Lipinski definition) is 2. The second-order valence-electron chi connectivity index (χ2n) is 4.74. The Balaban J connectivity index is 2.43. The fraction of sp³-hybridized carbons (Fsp3) is 0.308. The molecule has 0 heterocycles. The largest absolute Gasteiger partial charge is 0.478 e. The number of allylic oxidation sites excluding steroid dienone is 1. The highest BCUT2D eigenvalue weighted by Crippen LogP contribution is 2.33. The van der Waals surface area contributed by atoms with E-state index in [2.05, 4.69) is 4.72 Å². The predicted octanol–water partition coefficient (Wildman–Crippen LogP) is 2.40. The normalized spacial score (nSPS) is 18.6. The minimum atomic E-state index is -4.97. The monoisotopic (exact) mass is 335 g/mol. The van der Waals surface area contributed by atoms with Crippen LogP contribution in [0.5, 0.6) is 0 Å². The summed E-state index contributed by atoms with van der Waals surface area (Å²) in [5.41, 5.74) is -2.49. The van der Waals surface area contributed by atoms with E-state index < -0.39 is 44.2 Å². The van der Waals surface area contributed by atoms with E-state index >= 15 is 0 Å². The van der Waals surface area contributed by atoms with Crippen LogP contribution in [0, 0.1) is 0 Å². The van der Waals surface area contributed by atoms with Crippen molar-refractivity contribution in [1.82, 2.24) is 4.72 Å². The second kappa shape index (κ2) is 5.73. The molecular formula is C13H12F3NO4S. The van der Waals surface area contributed by atoms with Gasteiger partial charge in [-0.15, -0.1) is 0 Å². The smallest absolute Gasteiger partial charge is 0.417 e. The van der Waals surface area contributed by atoms with Crippen molar-refractivity contribution in [3.05, 3.63) is 41.5 Å². The van der Waals surface area contributed by atoms with Gasteiger partial charge in [-0.2, -0.15) is 13.2 Å². The lowest BCUT2D eigenvalue weighted by molar-refractivity contribution is -0.138. The molecule has 0 aliphatic heterocycles. The molecule has 0 radical (unpaired) electrons. The number of alkyl halides is 3. The fourth-order valence-electron chi connectivity index (χ4n) is 2.11. The van der Waals surface area contributed by atoms with E-state index in [1.165, 1.54) is 0 Å². The Morgan fingerprint density at radius 3 is 2.50 bits per heavy atom. The van der Waals surface area contributed by atoms with Crippen LogP contribution in [0.1, 0.15) is 28.8 Å². The van der Waals surface area contributed by atoms with Gasteiger partial charge in [-0.05, 0) is 31.0 Å². The molecule has 1 atom stereocenters. The van der Waals surface area contributed by atoms with Gasteiger partial charge < -0.3 is 5.11 Å². The molecular weight excluding hydrogens is 323 g/mol. The van der Waals surface area contributed by atoms with Crippen molar-refractivity contribution >= 4 is 16.0 Å². The first-order valence-electron chi connectivity index (χ1n) is 6.25. The van der Waals surface area contributed by atoms with Gasteiger partial charge in [-0.1, -0.05) is 12.2 Å². The predicted molar refractivity (Wildman–Crippen MR) is 70.9 cm³/mol. The maximum atomic E-state index is 12.9. The Morgan fingerprint density at radius 2 is 2.00 bits per heavy atom. The van der Waals surface area contributed by atoms with Gasteiger partial charge in [-0.3, -0.25) is 0 Å². The van der Waals surface area contributed by atoms with Crippen molar-refractivity contribution < 1.29 is 31.5 Å². The first-order valence-corrected chi connectivity index (χ1v) is 7.73. The van der Waals surface area contributed by atoms with Crippen molar-refractivity contribution in [3.63, 3.8) is 0 Å². The number of carbonyl (C=O) groups is 1. The molecule has 1 aromatic carbocycles. The van der Waals surface area contributed by atoms with Crippen LogP contribution in [-0.2, 0) is 16.2 Å². The number of nitrogens with one attached hydrogen (secondary N) is 1.